The Morgan fingerprint density at radius 2 is 1.95 bits per heavy atom. The van der Waals surface area contributed by atoms with E-state index in [1.807, 2.05) is 19.1 Å². The molecule has 0 saturated carbocycles. The zero-order chi connectivity index (χ0) is 14.8. The van der Waals surface area contributed by atoms with E-state index in [0.29, 0.717) is 18.0 Å². The molecule has 1 heterocycles. The summed E-state index contributed by atoms with van der Waals surface area (Å²) in [5.74, 6) is 0. The molecule has 1 saturated heterocycles. The molecule has 4 nitrogen and oxygen atoms in total. The molecule has 0 spiro atoms. The third-order valence-electron chi connectivity index (χ3n) is 3.99. The third-order valence-corrected chi connectivity index (χ3v) is 6.00. The monoisotopic (exact) mass is 296 g/mol. The van der Waals surface area contributed by atoms with E-state index in [1.54, 1.807) is 10.4 Å². The molecule has 5 heteroatoms. The SMILES string of the molecule is CCc1ccc(S(=O)(=O)N2CCNCC2C)cc1CC. The van der Waals surface area contributed by atoms with Crippen molar-refractivity contribution in [1.29, 1.82) is 0 Å². The molecule has 1 unspecified atom stereocenters. The van der Waals surface area contributed by atoms with Crippen LogP contribution >= 0.6 is 0 Å². The predicted molar refractivity (Wildman–Crippen MR) is 81.4 cm³/mol. The fourth-order valence-electron chi connectivity index (χ4n) is 2.75. The standard InChI is InChI=1S/C15H24N2O2S/c1-4-13-6-7-15(10-14(13)5-2)20(18,19)17-9-8-16-11-12(17)3/h6-7,10,12,16H,4-5,8-9,11H2,1-3H3. The maximum absolute atomic E-state index is 12.8. The van der Waals surface area contributed by atoms with Crippen molar-refractivity contribution in [2.24, 2.45) is 0 Å². The lowest BCUT2D eigenvalue weighted by Gasteiger charge is -2.33. The van der Waals surface area contributed by atoms with Crippen molar-refractivity contribution in [3.63, 3.8) is 0 Å². The molecule has 1 aromatic rings. The van der Waals surface area contributed by atoms with Crippen LogP contribution in [0, 0.1) is 0 Å². The molecule has 1 aromatic carbocycles. The first kappa shape index (κ1) is 15.5. The smallest absolute Gasteiger partial charge is 0.243 e. The van der Waals surface area contributed by atoms with Crippen LogP contribution in [0.3, 0.4) is 0 Å². The average molecular weight is 296 g/mol. The van der Waals surface area contributed by atoms with E-state index >= 15 is 0 Å². The summed E-state index contributed by atoms with van der Waals surface area (Å²) >= 11 is 0. The zero-order valence-corrected chi connectivity index (χ0v) is 13.3. The van der Waals surface area contributed by atoms with Crippen molar-refractivity contribution in [2.45, 2.75) is 44.6 Å². The minimum Gasteiger partial charge on any atom is -0.314 e. The van der Waals surface area contributed by atoms with Crippen molar-refractivity contribution in [1.82, 2.24) is 9.62 Å². The molecule has 1 aliphatic heterocycles. The van der Waals surface area contributed by atoms with Crippen molar-refractivity contribution < 1.29 is 8.42 Å². The average Bonchev–Trinajstić information content (AvgIpc) is 2.46. The quantitative estimate of drug-likeness (QED) is 0.921. The summed E-state index contributed by atoms with van der Waals surface area (Å²) in [5, 5.41) is 3.22. The zero-order valence-electron chi connectivity index (χ0n) is 12.5. The molecular weight excluding hydrogens is 272 g/mol. The van der Waals surface area contributed by atoms with Crippen LogP contribution in [0.25, 0.3) is 0 Å². The minimum atomic E-state index is -3.38. The summed E-state index contributed by atoms with van der Waals surface area (Å²) in [5.41, 5.74) is 2.37. The number of sulfonamides is 1. The largest absolute Gasteiger partial charge is 0.314 e. The van der Waals surface area contributed by atoms with Gasteiger partial charge in [-0.2, -0.15) is 4.31 Å². The van der Waals surface area contributed by atoms with E-state index in [9.17, 15) is 8.42 Å². The van der Waals surface area contributed by atoms with E-state index in [-0.39, 0.29) is 6.04 Å². The lowest BCUT2D eigenvalue weighted by atomic mass is 10.0. The number of hydrogen-bond acceptors (Lipinski definition) is 3. The van der Waals surface area contributed by atoms with Crippen molar-refractivity contribution in [3.8, 4) is 0 Å². The summed E-state index contributed by atoms with van der Waals surface area (Å²) < 4.78 is 27.1. The van der Waals surface area contributed by atoms with Crippen LogP contribution in [0.2, 0.25) is 0 Å². The summed E-state index contributed by atoms with van der Waals surface area (Å²) in [6.07, 6.45) is 1.80. The van der Waals surface area contributed by atoms with Crippen LogP contribution in [-0.4, -0.2) is 38.4 Å². The Morgan fingerprint density at radius 1 is 1.25 bits per heavy atom. The van der Waals surface area contributed by atoms with E-state index in [4.69, 9.17) is 0 Å². The van der Waals surface area contributed by atoms with E-state index in [2.05, 4.69) is 19.2 Å². The van der Waals surface area contributed by atoms with Crippen molar-refractivity contribution in [2.75, 3.05) is 19.6 Å². The Labute approximate surface area is 122 Å². The molecule has 1 aliphatic rings. The molecule has 1 atom stereocenters. The first-order chi connectivity index (χ1) is 9.50. The molecular formula is C15H24N2O2S. The van der Waals surface area contributed by atoms with Gasteiger partial charge in [0.15, 0.2) is 0 Å². The highest BCUT2D eigenvalue weighted by Crippen LogP contribution is 2.22. The fraction of sp³-hybridized carbons (Fsp3) is 0.600. The van der Waals surface area contributed by atoms with Gasteiger partial charge >= 0.3 is 0 Å². The number of rotatable bonds is 4. The van der Waals surface area contributed by atoms with Gasteiger partial charge in [0, 0.05) is 25.7 Å². The molecule has 112 valence electrons. The van der Waals surface area contributed by atoms with Gasteiger partial charge < -0.3 is 5.32 Å². The number of nitrogens with zero attached hydrogens (tertiary/aromatic N) is 1. The van der Waals surface area contributed by atoms with Crippen LogP contribution in [-0.2, 0) is 22.9 Å². The molecule has 0 aliphatic carbocycles. The second kappa shape index (κ2) is 6.24. The first-order valence-corrected chi connectivity index (χ1v) is 8.79. The maximum Gasteiger partial charge on any atom is 0.243 e. The van der Waals surface area contributed by atoms with Crippen molar-refractivity contribution >= 4 is 10.0 Å². The molecule has 2 rings (SSSR count). The van der Waals surface area contributed by atoms with Gasteiger partial charge in [0.2, 0.25) is 10.0 Å². The molecule has 0 bridgehead atoms. The lowest BCUT2D eigenvalue weighted by Crippen LogP contribution is -2.52. The maximum atomic E-state index is 12.8. The number of hydrogen-bond donors (Lipinski definition) is 1. The highest BCUT2D eigenvalue weighted by Gasteiger charge is 2.31. The molecule has 0 amide bonds. The highest BCUT2D eigenvalue weighted by molar-refractivity contribution is 7.89. The van der Waals surface area contributed by atoms with Crippen LogP contribution in [0.4, 0.5) is 0 Å². The topological polar surface area (TPSA) is 49.4 Å². The molecule has 0 aromatic heterocycles. The van der Waals surface area contributed by atoms with Crippen LogP contribution < -0.4 is 5.32 Å². The molecule has 20 heavy (non-hydrogen) atoms. The number of piperazine rings is 1. The summed E-state index contributed by atoms with van der Waals surface area (Å²) in [4.78, 5) is 0.431. The van der Waals surface area contributed by atoms with Gasteiger partial charge in [0.1, 0.15) is 0 Å². The second-order valence-corrected chi connectivity index (χ2v) is 7.20. The van der Waals surface area contributed by atoms with Gasteiger partial charge in [-0.1, -0.05) is 19.9 Å². The van der Waals surface area contributed by atoms with Crippen LogP contribution in [0.15, 0.2) is 23.1 Å². The number of benzene rings is 1. The Bertz CT molecular complexity index is 569. The second-order valence-electron chi connectivity index (χ2n) is 5.31. The molecule has 1 fully saturated rings. The fourth-order valence-corrected chi connectivity index (χ4v) is 4.43. The first-order valence-electron chi connectivity index (χ1n) is 7.35. The van der Waals surface area contributed by atoms with Gasteiger partial charge in [-0.05, 0) is 43.0 Å². The molecule has 1 N–H and O–H groups in total. The number of nitrogens with one attached hydrogen (secondary N) is 1. The van der Waals surface area contributed by atoms with Gasteiger partial charge in [-0.3, -0.25) is 0 Å². The Hall–Kier alpha value is -0.910. The summed E-state index contributed by atoms with van der Waals surface area (Å²) in [7, 11) is -3.38. The summed E-state index contributed by atoms with van der Waals surface area (Å²) in [6.45, 7) is 8.09. The Morgan fingerprint density at radius 3 is 2.55 bits per heavy atom. The highest BCUT2D eigenvalue weighted by atomic mass is 32.2. The Balaban J connectivity index is 2.38. The third kappa shape index (κ3) is 2.90. The summed E-state index contributed by atoms with van der Waals surface area (Å²) in [6, 6.07) is 5.56. The minimum absolute atomic E-state index is 0.00433. The lowest BCUT2D eigenvalue weighted by molar-refractivity contribution is 0.284. The predicted octanol–water partition coefficient (Wildman–Crippen LogP) is 1.79. The van der Waals surface area contributed by atoms with E-state index in [0.717, 1.165) is 24.9 Å². The van der Waals surface area contributed by atoms with Gasteiger partial charge in [-0.25, -0.2) is 8.42 Å². The van der Waals surface area contributed by atoms with Crippen LogP contribution in [0.5, 0.6) is 0 Å². The normalized spacial score (nSPS) is 21.1. The van der Waals surface area contributed by atoms with Crippen molar-refractivity contribution in [3.05, 3.63) is 29.3 Å². The van der Waals surface area contributed by atoms with E-state index in [1.165, 1.54) is 5.56 Å². The van der Waals surface area contributed by atoms with E-state index < -0.39 is 10.0 Å². The molecule has 0 radical (unpaired) electrons. The Kier molecular flexibility index (Phi) is 4.83. The van der Waals surface area contributed by atoms with Gasteiger partial charge in [-0.15, -0.1) is 0 Å². The number of aryl methyl sites for hydroxylation is 2. The van der Waals surface area contributed by atoms with Crippen LogP contribution in [0.1, 0.15) is 31.9 Å². The van der Waals surface area contributed by atoms with Gasteiger partial charge in [0.05, 0.1) is 4.90 Å². The van der Waals surface area contributed by atoms with Gasteiger partial charge in [0.25, 0.3) is 0 Å².